The third-order valence-corrected chi connectivity index (χ3v) is 6.61. The molecule has 9 heteroatoms. The molecule has 0 fully saturated rings. The van der Waals surface area contributed by atoms with Crippen LogP contribution in [0.25, 0.3) is 5.13 Å². The second-order valence-corrected chi connectivity index (χ2v) is 9.07. The minimum atomic E-state index is -0.329. The van der Waals surface area contributed by atoms with E-state index >= 15 is 0 Å². The number of carbonyl (C=O) groups is 2. The molecule has 0 unspecified atom stereocenters. The molecule has 2 N–H and O–H groups in total. The van der Waals surface area contributed by atoms with Gasteiger partial charge in [0.1, 0.15) is 4.88 Å². The number of Topliss-reactive ketones (excluding diaryl/α,β-unsaturated/α-hetero) is 1. The average molecular weight is 481 g/mol. The van der Waals surface area contributed by atoms with Crippen molar-refractivity contribution in [1.29, 1.82) is 0 Å². The lowest BCUT2D eigenvalue weighted by Gasteiger charge is -2.04. The third kappa shape index (κ3) is 4.81. The van der Waals surface area contributed by atoms with Gasteiger partial charge in [0, 0.05) is 34.0 Å². The fourth-order valence-electron chi connectivity index (χ4n) is 3.40. The van der Waals surface area contributed by atoms with Crippen LogP contribution in [0.5, 0.6) is 0 Å². The zero-order valence-corrected chi connectivity index (χ0v) is 19.8. The number of nitrogens with one attached hydrogen (secondary N) is 2. The number of halogens is 1. The predicted molar refractivity (Wildman–Crippen MR) is 130 cm³/mol. The molecule has 2 aromatic carbocycles. The zero-order valence-electron chi connectivity index (χ0n) is 18.2. The van der Waals surface area contributed by atoms with Crippen molar-refractivity contribution in [1.82, 2.24) is 14.8 Å². The highest BCUT2D eigenvalue weighted by atomic mass is 35.5. The summed E-state index contributed by atoms with van der Waals surface area (Å²) in [5, 5.41) is 6.91. The van der Waals surface area contributed by atoms with E-state index in [1.54, 1.807) is 43.3 Å². The van der Waals surface area contributed by atoms with Gasteiger partial charge in [0.15, 0.2) is 5.78 Å². The summed E-state index contributed by atoms with van der Waals surface area (Å²) in [5.41, 5.74) is 3.78. The highest BCUT2D eigenvalue weighted by Crippen LogP contribution is 2.23. The molecule has 168 valence electrons. The summed E-state index contributed by atoms with van der Waals surface area (Å²) in [6.07, 6.45) is 0.458. The van der Waals surface area contributed by atoms with Gasteiger partial charge in [-0.05, 0) is 62.7 Å². The number of thiazole rings is 1. The van der Waals surface area contributed by atoms with Crippen molar-refractivity contribution in [2.45, 2.75) is 27.2 Å². The molecule has 0 atom stereocenters. The first-order chi connectivity index (χ1) is 15.7. The Balaban J connectivity index is 1.57. The summed E-state index contributed by atoms with van der Waals surface area (Å²) >= 11 is 7.08. The smallest absolute Gasteiger partial charge is 0.277 e. The van der Waals surface area contributed by atoms with Crippen molar-refractivity contribution in [2.24, 2.45) is 0 Å². The lowest BCUT2D eigenvalue weighted by atomic mass is 10.1. The molecule has 2 aromatic heterocycles. The van der Waals surface area contributed by atoms with Crippen LogP contribution in [0.3, 0.4) is 0 Å². The number of nitrogens with zero attached hydrogens (tertiary/aromatic N) is 2. The Kier molecular flexibility index (Phi) is 6.31. The van der Waals surface area contributed by atoms with E-state index in [2.05, 4.69) is 15.4 Å². The van der Waals surface area contributed by atoms with E-state index in [9.17, 15) is 14.4 Å². The van der Waals surface area contributed by atoms with Crippen molar-refractivity contribution < 1.29 is 9.59 Å². The fourth-order valence-corrected chi connectivity index (χ4v) is 4.44. The number of hydrogen-bond acceptors (Lipinski definition) is 5. The standard InChI is InChI=1S/C24H21ClN4O3S/c1-13-20(12-16-4-8-18(25)9-5-16)23(32)29(28-13)24-26-14(2)21(33-24)22(31)27-19-10-6-17(7-11-19)15(3)30/h4-11,28H,12H2,1-3H3,(H,27,31). The van der Waals surface area contributed by atoms with Gasteiger partial charge in [-0.25, -0.2) is 4.98 Å². The molecule has 0 saturated carbocycles. The molecule has 0 bridgehead atoms. The number of carbonyl (C=O) groups excluding carboxylic acids is 2. The predicted octanol–water partition coefficient (Wildman–Crippen LogP) is 4.94. The number of aromatic amines is 1. The second kappa shape index (κ2) is 9.17. The molecule has 0 aliphatic carbocycles. The molecule has 4 rings (SSSR count). The summed E-state index contributed by atoms with van der Waals surface area (Å²) in [4.78, 5) is 42.1. The number of amides is 1. The van der Waals surface area contributed by atoms with Crippen LogP contribution in [-0.2, 0) is 6.42 Å². The van der Waals surface area contributed by atoms with E-state index in [4.69, 9.17) is 11.6 Å². The second-order valence-electron chi connectivity index (χ2n) is 7.66. The summed E-state index contributed by atoms with van der Waals surface area (Å²) in [6, 6.07) is 14.0. The van der Waals surface area contributed by atoms with Crippen molar-refractivity contribution in [3.8, 4) is 5.13 Å². The van der Waals surface area contributed by atoms with Crippen molar-refractivity contribution in [2.75, 3.05) is 5.32 Å². The minimum absolute atomic E-state index is 0.0436. The molecular formula is C24H21ClN4O3S. The van der Waals surface area contributed by atoms with Gasteiger partial charge in [-0.2, -0.15) is 4.68 Å². The molecule has 4 aromatic rings. The summed E-state index contributed by atoms with van der Waals surface area (Å²) in [5.74, 6) is -0.373. The van der Waals surface area contributed by atoms with Crippen molar-refractivity contribution in [3.05, 3.63) is 96.9 Å². The van der Waals surface area contributed by atoms with Gasteiger partial charge in [-0.15, -0.1) is 0 Å². The normalized spacial score (nSPS) is 10.9. The topological polar surface area (TPSA) is 96.9 Å². The summed E-state index contributed by atoms with van der Waals surface area (Å²) in [6.45, 7) is 5.05. The number of aryl methyl sites for hydroxylation is 2. The van der Waals surface area contributed by atoms with E-state index < -0.39 is 0 Å². The largest absolute Gasteiger partial charge is 0.321 e. The van der Waals surface area contributed by atoms with Crippen LogP contribution in [0.4, 0.5) is 5.69 Å². The van der Waals surface area contributed by atoms with Crippen LogP contribution in [0.2, 0.25) is 5.02 Å². The van der Waals surface area contributed by atoms with Crippen LogP contribution in [0.15, 0.2) is 53.3 Å². The molecular weight excluding hydrogens is 460 g/mol. The summed E-state index contributed by atoms with van der Waals surface area (Å²) in [7, 11) is 0. The number of H-pyrrole nitrogens is 1. The van der Waals surface area contributed by atoms with Gasteiger partial charge in [-0.3, -0.25) is 19.5 Å². The number of benzene rings is 2. The maximum atomic E-state index is 13.1. The number of hydrogen-bond donors (Lipinski definition) is 2. The molecule has 2 heterocycles. The first-order valence-corrected chi connectivity index (χ1v) is 11.4. The van der Waals surface area contributed by atoms with E-state index in [1.807, 2.05) is 19.1 Å². The highest BCUT2D eigenvalue weighted by Gasteiger charge is 2.20. The average Bonchev–Trinajstić information content (AvgIpc) is 3.30. The van der Waals surface area contributed by atoms with E-state index in [0.717, 1.165) is 22.6 Å². The van der Waals surface area contributed by atoms with Crippen LogP contribution in [0.1, 0.15) is 49.5 Å². The van der Waals surface area contributed by atoms with Crippen LogP contribution >= 0.6 is 22.9 Å². The van der Waals surface area contributed by atoms with Gasteiger partial charge < -0.3 is 5.32 Å². The molecule has 0 aliphatic rings. The third-order valence-electron chi connectivity index (χ3n) is 5.22. The lowest BCUT2D eigenvalue weighted by molar-refractivity contribution is 0.101. The maximum absolute atomic E-state index is 13.1. The number of anilines is 1. The zero-order chi connectivity index (χ0) is 23.7. The Morgan fingerprint density at radius 1 is 1.09 bits per heavy atom. The monoisotopic (exact) mass is 480 g/mol. The maximum Gasteiger partial charge on any atom is 0.277 e. The minimum Gasteiger partial charge on any atom is -0.321 e. The van der Waals surface area contributed by atoms with Gasteiger partial charge in [-0.1, -0.05) is 35.1 Å². The molecule has 0 aliphatic heterocycles. The first kappa shape index (κ1) is 22.7. The van der Waals surface area contributed by atoms with Crippen LogP contribution in [-0.4, -0.2) is 26.5 Å². The SMILES string of the molecule is CC(=O)c1ccc(NC(=O)c2sc(-n3[nH]c(C)c(Cc4ccc(Cl)cc4)c3=O)nc2C)cc1. The molecule has 0 spiro atoms. The van der Waals surface area contributed by atoms with Gasteiger partial charge in [0.05, 0.1) is 5.69 Å². The Hall–Kier alpha value is -3.49. The Labute approximate surface area is 199 Å². The molecule has 0 radical (unpaired) electrons. The van der Waals surface area contributed by atoms with E-state index in [-0.39, 0.29) is 17.2 Å². The van der Waals surface area contributed by atoms with Crippen molar-refractivity contribution in [3.63, 3.8) is 0 Å². The van der Waals surface area contributed by atoms with Crippen LogP contribution in [0, 0.1) is 13.8 Å². The van der Waals surface area contributed by atoms with Gasteiger partial charge in [0.2, 0.25) is 5.13 Å². The molecule has 0 saturated heterocycles. The Morgan fingerprint density at radius 2 is 1.76 bits per heavy atom. The quantitative estimate of drug-likeness (QED) is 0.382. The summed E-state index contributed by atoms with van der Waals surface area (Å²) < 4.78 is 1.37. The van der Waals surface area contributed by atoms with E-state index in [0.29, 0.717) is 44.0 Å². The molecule has 7 nitrogen and oxygen atoms in total. The Bertz CT molecular complexity index is 1400. The lowest BCUT2D eigenvalue weighted by Crippen LogP contribution is -2.17. The number of rotatable bonds is 6. The molecule has 33 heavy (non-hydrogen) atoms. The van der Waals surface area contributed by atoms with E-state index in [1.165, 1.54) is 11.6 Å². The van der Waals surface area contributed by atoms with Gasteiger partial charge in [0.25, 0.3) is 11.5 Å². The highest BCUT2D eigenvalue weighted by molar-refractivity contribution is 7.16. The number of aromatic nitrogens is 3. The number of ketones is 1. The Morgan fingerprint density at radius 3 is 2.39 bits per heavy atom. The van der Waals surface area contributed by atoms with Gasteiger partial charge >= 0.3 is 0 Å². The molecule has 1 amide bonds. The fraction of sp³-hybridized carbons (Fsp3) is 0.167. The first-order valence-electron chi connectivity index (χ1n) is 10.2. The van der Waals surface area contributed by atoms with Crippen LogP contribution < -0.4 is 10.9 Å². The van der Waals surface area contributed by atoms with Crippen molar-refractivity contribution >= 4 is 40.3 Å².